The third-order valence-corrected chi connectivity index (χ3v) is 13.8. The van der Waals surface area contributed by atoms with Crippen molar-refractivity contribution in [3.8, 4) is 56.4 Å². The SMILES string of the molecule is c1ccc(N(c2ccc(-c3cccc4c3sc3ccccc34)cc2)c2ccc3c(c2)Oc2c(ccc4c2-c2ccccc2C42c4ccccc4-c4ccccc42)O3)cc1. The van der Waals surface area contributed by atoms with E-state index < -0.39 is 5.41 Å². The second kappa shape index (κ2) is 12.3. The van der Waals surface area contributed by atoms with Crippen molar-refractivity contribution in [1.29, 1.82) is 0 Å². The predicted molar refractivity (Wildman–Crippen MR) is 242 cm³/mol. The predicted octanol–water partition coefficient (Wildman–Crippen LogP) is 15.4. The van der Waals surface area contributed by atoms with E-state index in [9.17, 15) is 0 Å². The summed E-state index contributed by atoms with van der Waals surface area (Å²) in [4.78, 5) is 2.29. The van der Waals surface area contributed by atoms with Crippen LogP contribution >= 0.6 is 11.3 Å². The van der Waals surface area contributed by atoms with E-state index in [0.717, 1.165) is 34.1 Å². The van der Waals surface area contributed by atoms with Gasteiger partial charge in [0.25, 0.3) is 0 Å². The smallest absolute Gasteiger partial charge is 0.178 e. The van der Waals surface area contributed by atoms with Gasteiger partial charge in [0.05, 0.1) is 11.1 Å². The lowest BCUT2D eigenvalue weighted by Gasteiger charge is -2.31. The van der Waals surface area contributed by atoms with Crippen LogP contribution in [0.2, 0.25) is 0 Å². The highest BCUT2D eigenvalue weighted by Gasteiger charge is 2.53. The molecule has 13 rings (SSSR count). The average Bonchev–Trinajstić information content (AvgIpc) is 3.94. The Morgan fingerprint density at radius 1 is 0.390 bits per heavy atom. The van der Waals surface area contributed by atoms with Gasteiger partial charge in [0.15, 0.2) is 23.0 Å². The molecule has 0 radical (unpaired) electrons. The molecule has 1 aliphatic heterocycles. The third-order valence-electron chi connectivity index (χ3n) is 12.6. The molecule has 10 aromatic rings. The van der Waals surface area contributed by atoms with Crippen LogP contribution in [0.3, 0.4) is 0 Å². The Morgan fingerprint density at radius 3 is 1.76 bits per heavy atom. The summed E-state index contributed by atoms with van der Waals surface area (Å²) in [6, 6.07) is 72.0. The van der Waals surface area contributed by atoms with E-state index in [4.69, 9.17) is 9.47 Å². The maximum atomic E-state index is 7.11. The molecule has 0 bridgehead atoms. The van der Waals surface area contributed by atoms with Crippen molar-refractivity contribution >= 4 is 48.6 Å². The topological polar surface area (TPSA) is 21.7 Å². The van der Waals surface area contributed by atoms with Crippen molar-refractivity contribution in [1.82, 2.24) is 0 Å². The van der Waals surface area contributed by atoms with Crippen molar-refractivity contribution in [2.45, 2.75) is 5.41 Å². The maximum Gasteiger partial charge on any atom is 0.178 e. The number of para-hydroxylation sites is 1. The Kier molecular flexibility index (Phi) is 6.81. The number of thiophene rings is 1. The summed E-state index contributed by atoms with van der Waals surface area (Å²) in [6.07, 6.45) is 0. The molecule has 1 aromatic heterocycles. The molecular weight excluding hydrogens is 739 g/mol. The van der Waals surface area contributed by atoms with Crippen LogP contribution < -0.4 is 14.4 Å². The Balaban J connectivity index is 0.927. The second-order valence-electron chi connectivity index (χ2n) is 15.5. The van der Waals surface area contributed by atoms with Gasteiger partial charge in [-0.2, -0.15) is 0 Å². The molecule has 276 valence electrons. The van der Waals surface area contributed by atoms with Gasteiger partial charge in [-0.3, -0.25) is 0 Å². The summed E-state index contributed by atoms with van der Waals surface area (Å²) in [7, 11) is 0. The number of anilines is 3. The highest BCUT2D eigenvalue weighted by molar-refractivity contribution is 7.26. The van der Waals surface area contributed by atoms with Gasteiger partial charge in [0.1, 0.15) is 0 Å². The Labute approximate surface area is 345 Å². The molecule has 0 N–H and O–H groups in total. The molecule has 3 aliphatic rings. The van der Waals surface area contributed by atoms with Gasteiger partial charge in [0.2, 0.25) is 0 Å². The van der Waals surface area contributed by atoms with E-state index in [1.165, 1.54) is 70.2 Å². The highest BCUT2D eigenvalue weighted by Crippen LogP contribution is 2.66. The molecule has 0 atom stereocenters. The second-order valence-corrected chi connectivity index (χ2v) is 16.6. The number of rotatable bonds is 4. The number of fused-ring (bicyclic) bond motifs is 16. The van der Waals surface area contributed by atoms with E-state index in [2.05, 4.69) is 199 Å². The highest BCUT2D eigenvalue weighted by atomic mass is 32.1. The summed E-state index contributed by atoms with van der Waals surface area (Å²) in [5.41, 5.74) is 15.0. The van der Waals surface area contributed by atoms with Crippen LogP contribution in [-0.2, 0) is 5.41 Å². The molecule has 0 unspecified atom stereocenters. The van der Waals surface area contributed by atoms with Crippen LogP contribution in [0.1, 0.15) is 22.3 Å². The zero-order chi connectivity index (χ0) is 38.7. The van der Waals surface area contributed by atoms with Gasteiger partial charge in [-0.1, -0.05) is 146 Å². The minimum Gasteiger partial charge on any atom is -0.449 e. The zero-order valence-electron chi connectivity index (χ0n) is 31.7. The lowest BCUT2D eigenvalue weighted by Crippen LogP contribution is -2.25. The lowest BCUT2D eigenvalue weighted by atomic mass is 9.70. The molecule has 0 saturated heterocycles. The van der Waals surface area contributed by atoms with Gasteiger partial charge in [0, 0.05) is 43.2 Å². The van der Waals surface area contributed by atoms with E-state index in [0.29, 0.717) is 11.5 Å². The molecule has 2 aliphatic carbocycles. The van der Waals surface area contributed by atoms with Crippen LogP contribution in [0.25, 0.3) is 53.6 Å². The number of hydrogen-bond donors (Lipinski definition) is 0. The molecule has 0 saturated carbocycles. The first-order chi connectivity index (χ1) is 29.3. The van der Waals surface area contributed by atoms with Crippen molar-refractivity contribution in [2.75, 3.05) is 4.90 Å². The average molecular weight is 772 g/mol. The van der Waals surface area contributed by atoms with Crippen molar-refractivity contribution in [3.05, 3.63) is 222 Å². The minimum absolute atomic E-state index is 0.460. The summed E-state index contributed by atoms with van der Waals surface area (Å²) in [5.74, 6) is 2.85. The number of nitrogens with zero attached hydrogens (tertiary/aromatic N) is 1. The quantitative estimate of drug-likeness (QED) is 0.178. The lowest BCUT2D eigenvalue weighted by molar-refractivity contribution is 0.360. The first kappa shape index (κ1) is 32.7. The van der Waals surface area contributed by atoms with Crippen LogP contribution in [0.5, 0.6) is 23.0 Å². The molecule has 0 fully saturated rings. The van der Waals surface area contributed by atoms with Crippen molar-refractivity contribution < 1.29 is 9.47 Å². The largest absolute Gasteiger partial charge is 0.449 e. The van der Waals surface area contributed by atoms with Crippen molar-refractivity contribution in [3.63, 3.8) is 0 Å². The maximum absolute atomic E-state index is 7.11. The molecule has 1 spiro atoms. The summed E-state index contributed by atoms with van der Waals surface area (Å²) in [5, 5.41) is 2.61. The fourth-order valence-corrected chi connectivity index (χ4v) is 11.4. The molecular formula is C55H33NO2S. The molecule has 0 amide bonds. The Morgan fingerprint density at radius 2 is 0.983 bits per heavy atom. The van der Waals surface area contributed by atoms with Crippen LogP contribution in [0, 0.1) is 0 Å². The van der Waals surface area contributed by atoms with E-state index in [-0.39, 0.29) is 0 Å². The van der Waals surface area contributed by atoms with Crippen molar-refractivity contribution in [2.24, 2.45) is 0 Å². The van der Waals surface area contributed by atoms with Gasteiger partial charge in [-0.05, 0) is 98.6 Å². The van der Waals surface area contributed by atoms with Gasteiger partial charge in [-0.25, -0.2) is 0 Å². The zero-order valence-corrected chi connectivity index (χ0v) is 32.5. The summed E-state index contributed by atoms with van der Waals surface area (Å²) in [6.45, 7) is 0. The normalized spacial score (nSPS) is 13.5. The van der Waals surface area contributed by atoms with Gasteiger partial charge < -0.3 is 14.4 Å². The third kappa shape index (κ3) is 4.52. The van der Waals surface area contributed by atoms with Gasteiger partial charge in [-0.15, -0.1) is 11.3 Å². The number of hydrogen-bond acceptors (Lipinski definition) is 4. The van der Waals surface area contributed by atoms with Crippen LogP contribution in [-0.4, -0.2) is 0 Å². The number of benzene rings is 9. The molecule has 9 aromatic carbocycles. The first-order valence-corrected chi connectivity index (χ1v) is 20.9. The van der Waals surface area contributed by atoms with Gasteiger partial charge >= 0.3 is 0 Å². The van der Waals surface area contributed by atoms with E-state index in [1.54, 1.807) is 0 Å². The molecule has 2 heterocycles. The monoisotopic (exact) mass is 771 g/mol. The standard InChI is InChI=1S/C55H33NO2S/c1-2-13-35(14-3-1)56(36-27-25-34(26-28-36)38-19-12-20-42-41-17-7-11-24-51(41)59-54(38)42)37-29-31-48-50(33-37)58-53-49(57-48)32-30-47-52(53)43-18-6-10-23-46(43)55(47)44-21-8-4-15-39(44)40-16-5-9-22-45(40)55/h1-33H. The Hall–Kier alpha value is -7.40. The van der Waals surface area contributed by atoms with E-state index in [1.807, 2.05) is 17.4 Å². The molecule has 4 heteroatoms. The summed E-state index contributed by atoms with van der Waals surface area (Å²) >= 11 is 1.86. The number of ether oxygens (including phenoxy) is 2. The van der Waals surface area contributed by atoms with Crippen LogP contribution in [0.4, 0.5) is 17.1 Å². The Bertz CT molecular complexity index is 3300. The minimum atomic E-state index is -0.460. The first-order valence-electron chi connectivity index (χ1n) is 20.1. The molecule has 3 nitrogen and oxygen atoms in total. The fraction of sp³-hybridized carbons (Fsp3) is 0.0182. The van der Waals surface area contributed by atoms with E-state index >= 15 is 0 Å². The summed E-state index contributed by atoms with van der Waals surface area (Å²) < 4.78 is 16.5. The van der Waals surface area contributed by atoms with Crippen LogP contribution in [0.15, 0.2) is 200 Å². The fourth-order valence-electron chi connectivity index (χ4n) is 10.1. The molecule has 59 heavy (non-hydrogen) atoms.